The molecule has 5 heteroatoms. The number of rotatable bonds is 4. The summed E-state index contributed by atoms with van der Waals surface area (Å²) in [4.78, 5) is 10.0. The van der Waals surface area contributed by atoms with Crippen molar-refractivity contribution in [2.24, 2.45) is 5.92 Å². The Hall–Kier alpha value is -1.62. The van der Waals surface area contributed by atoms with E-state index in [0.717, 1.165) is 30.1 Å². The summed E-state index contributed by atoms with van der Waals surface area (Å²) in [7, 11) is 0. The Bertz CT molecular complexity index is 593. The van der Waals surface area contributed by atoms with Crippen LogP contribution in [-0.2, 0) is 0 Å². The van der Waals surface area contributed by atoms with Gasteiger partial charge in [-0.3, -0.25) is 0 Å². The molecule has 1 aliphatic rings. The van der Waals surface area contributed by atoms with Crippen LogP contribution in [0.2, 0.25) is 0 Å². The Kier molecular flexibility index (Phi) is 3.61. The van der Waals surface area contributed by atoms with E-state index in [1.165, 1.54) is 25.1 Å². The normalized spacial score (nSPS) is 20.1. The molecule has 2 N–H and O–H groups in total. The predicted molar refractivity (Wildman–Crippen MR) is 79.4 cm³/mol. The maximum absolute atomic E-state index is 13.1. The molecule has 3 rings (SSSR count). The third kappa shape index (κ3) is 2.77. The van der Waals surface area contributed by atoms with Crippen molar-refractivity contribution < 1.29 is 4.39 Å². The molecule has 0 aliphatic carbocycles. The Morgan fingerprint density at radius 3 is 3.10 bits per heavy atom. The van der Waals surface area contributed by atoms with Crippen molar-refractivity contribution in [3.63, 3.8) is 0 Å². The number of imidazole rings is 1. The zero-order valence-corrected chi connectivity index (χ0v) is 12.0. The molecule has 2 aromatic rings. The summed E-state index contributed by atoms with van der Waals surface area (Å²) >= 11 is 0. The molecule has 0 radical (unpaired) electrons. The number of benzene rings is 1. The van der Waals surface area contributed by atoms with Gasteiger partial charge in [-0.2, -0.15) is 0 Å². The number of anilines is 1. The molecule has 0 spiro atoms. The zero-order chi connectivity index (χ0) is 14.1. The minimum atomic E-state index is -0.240. The van der Waals surface area contributed by atoms with Crippen LogP contribution in [0.4, 0.5) is 10.3 Å². The topological polar surface area (TPSA) is 44.0 Å². The van der Waals surface area contributed by atoms with Crippen LogP contribution in [0.5, 0.6) is 0 Å². The van der Waals surface area contributed by atoms with Crippen LogP contribution in [-0.4, -0.2) is 40.5 Å². The lowest BCUT2D eigenvalue weighted by Crippen LogP contribution is -2.29. The third-order valence-electron chi connectivity index (χ3n) is 4.05. The second-order valence-corrected chi connectivity index (χ2v) is 5.87. The smallest absolute Gasteiger partial charge is 0.201 e. The van der Waals surface area contributed by atoms with Gasteiger partial charge < -0.3 is 15.2 Å². The van der Waals surface area contributed by atoms with Gasteiger partial charge in [-0.1, -0.05) is 0 Å². The lowest BCUT2D eigenvalue weighted by molar-refractivity contribution is 0.266. The fourth-order valence-corrected chi connectivity index (χ4v) is 2.80. The maximum atomic E-state index is 13.1. The van der Waals surface area contributed by atoms with Gasteiger partial charge in [-0.15, -0.1) is 0 Å². The largest absolute Gasteiger partial charge is 0.355 e. The first-order valence-corrected chi connectivity index (χ1v) is 7.25. The highest BCUT2D eigenvalue weighted by atomic mass is 19.1. The van der Waals surface area contributed by atoms with Crippen molar-refractivity contribution in [1.29, 1.82) is 0 Å². The highest BCUT2D eigenvalue weighted by Gasteiger charge is 2.23. The molecule has 0 bridgehead atoms. The van der Waals surface area contributed by atoms with E-state index in [0.29, 0.717) is 12.0 Å². The molecule has 1 fully saturated rings. The van der Waals surface area contributed by atoms with Crippen LogP contribution in [0.3, 0.4) is 0 Å². The number of aromatic amines is 1. The second kappa shape index (κ2) is 5.40. The van der Waals surface area contributed by atoms with Gasteiger partial charge in [-0.05, 0) is 50.9 Å². The number of aromatic nitrogens is 2. The summed E-state index contributed by atoms with van der Waals surface area (Å²) in [6, 6.07) is 5.23. The van der Waals surface area contributed by atoms with Crippen LogP contribution in [0, 0.1) is 11.7 Å². The van der Waals surface area contributed by atoms with E-state index < -0.39 is 0 Å². The van der Waals surface area contributed by atoms with Gasteiger partial charge in [0.05, 0.1) is 11.0 Å². The molecular formula is C15H21FN4. The summed E-state index contributed by atoms with van der Waals surface area (Å²) in [5.74, 6) is 1.15. The van der Waals surface area contributed by atoms with Crippen molar-refractivity contribution in [3.8, 4) is 0 Å². The summed E-state index contributed by atoms with van der Waals surface area (Å²) in [5, 5.41) is 3.34. The molecule has 1 aromatic heterocycles. The molecule has 0 amide bonds. The molecule has 1 atom stereocenters. The predicted octanol–water partition coefficient (Wildman–Crippen LogP) is 2.84. The third-order valence-corrected chi connectivity index (χ3v) is 4.05. The first-order chi connectivity index (χ1) is 9.61. The zero-order valence-electron chi connectivity index (χ0n) is 12.0. The highest BCUT2D eigenvalue weighted by molar-refractivity contribution is 5.77. The SMILES string of the molecule is CC(C)N1CCC(CNc2nc3ccc(F)cc3[nH]2)C1. The molecule has 20 heavy (non-hydrogen) atoms. The molecule has 108 valence electrons. The number of likely N-dealkylation sites (tertiary alicyclic amines) is 1. The van der Waals surface area contributed by atoms with E-state index in [9.17, 15) is 4.39 Å². The van der Waals surface area contributed by atoms with Gasteiger partial charge in [0.15, 0.2) is 0 Å². The van der Waals surface area contributed by atoms with Crippen molar-refractivity contribution >= 4 is 17.0 Å². The molecular weight excluding hydrogens is 255 g/mol. The lowest BCUT2D eigenvalue weighted by atomic mass is 10.1. The fraction of sp³-hybridized carbons (Fsp3) is 0.533. The molecule has 2 heterocycles. The first kappa shape index (κ1) is 13.4. The minimum Gasteiger partial charge on any atom is -0.355 e. The quantitative estimate of drug-likeness (QED) is 0.902. The number of H-pyrrole nitrogens is 1. The molecule has 1 aliphatic heterocycles. The summed E-state index contributed by atoms with van der Waals surface area (Å²) in [6.07, 6.45) is 1.22. The Morgan fingerprint density at radius 1 is 1.50 bits per heavy atom. The van der Waals surface area contributed by atoms with Gasteiger partial charge >= 0.3 is 0 Å². The van der Waals surface area contributed by atoms with Crippen LogP contribution < -0.4 is 5.32 Å². The molecule has 1 unspecified atom stereocenters. The van der Waals surface area contributed by atoms with E-state index in [4.69, 9.17) is 0 Å². The summed E-state index contributed by atoms with van der Waals surface area (Å²) in [5.41, 5.74) is 1.53. The van der Waals surface area contributed by atoms with Crippen molar-refractivity contribution in [1.82, 2.24) is 14.9 Å². The average molecular weight is 276 g/mol. The van der Waals surface area contributed by atoms with Gasteiger partial charge in [0.2, 0.25) is 5.95 Å². The van der Waals surface area contributed by atoms with E-state index in [-0.39, 0.29) is 5.82 Å². The van der Waals surface area contributed by atoms with E-state index in [1.807, 2.05) is 0 Å². The fourth-order valence-electron chi connectivity index (χ4n) is 2.80. The van der Waals surface area contributed by atoms with Gasteiger partial charge in [0, 0.05) is 19.1 Å². The van der Waals surface area contributed by atoms with Crippen LogP contribution >= 0.6 is 0 Å². The number of nitrogens with one attached hydrogen (secondary N) is 2. The monoisotopic (exact) mass is 276 g/mol. The van der Waals surface area contributed by atoms with Crippen LogP contribution in [0.25, 0.3) is 11.0 Å². The van der Waals surface area contributed by atoms with E-state index in [1.54, 1.807) is 6.07 Å². The average Bonchev–Trinajstić information content (AvgIpc) is 3.01. The Morgan fingerprint density at radius 2 is 2.35 bits per heavy atom. The van der Waals surface area contributed by atoms with Crippen molar-refractivity contribution in [2.75, 3.05) is 25.0 Å². The number of fused-ring (bicyclic) bond motifs is 1. The van der Waals surface area contributed by atoms with E-state index in [2.05, 4.69) is 34.0 Å². The standard InChI is InChI=1S/C15H21FN4/c1-10(2)20-6-5-11(9-20)8-17-15-18-13-4-3-12(16)7-14(13)19-15/h3-4,7,10-11H,5-6,8-9H2,1-2H3,(H2,17,18,19). The number of hydrogen-bond acceptors (Lipinski definition) is 3. The Balaban J connectivity index is 1.60. The van der Waals surface area contributed by atoms with Crippen LogP contribution in [0.15, 0.2) is 18.2 Å². The minimum absolute atomic E-state index is 0.240. The maximum Gasteiger partial charge on any atom is 0.201 e. The number of halogens is 1. The molecule has 1 aromatic carbocycles. The molecule has 0 saturated carbocycles. The van der Waals surface area contributed by atoms with Gasteiger partial charge in [-0.25, -0.2) is 9.37 Å². The second-order valence-electron chi connectivity index (χ2n) is 5.87. The van der Waals surface area contributed by atoms with Gasteiger partial charge in [0.25, 0.3) is 0 Å². The molecule has 1 saturated heterocycles. The van der Waals surface area contributed by atoms with Crippen molar-refractivity contribution in [2.45, 2.75) is 26.3 Å². The first-order valence-electron chi connectivity index (χ1n) is 7.25. The number of nitrogens with zero attached hydrogens (tertiary/aromatic N) is 2. The van der Waals surface area contributed by atoms with Crippen molar-refractivity contribution in [3.05, 3.63) is 24.0 Å². The van der Waals surface area contributed by atoms with Crippen LogP contribution in [0.1, 0.15) is 20.3 Å². The highest BCUT2D eigenvalue weighted by Crippen LogP contribution is 2.20. The van der Waals surface area contributed by atoms with E-state index >= 15 is 0 Å². The molecule has 4 nitrogen and oxygen atoms in total. The summed E-state index contributed by atoms with van der Waals surface area (Å²) < 4.78 is 13.1. The van der Waals surface area contributed by atoms with Gasteiger partial charge in [0.1, 0.15) is 5.82 Å². The Labute approximate surface area is 118 Å². The summed E-state index contributed by atoms with van der Waals surface area (Å²) in [6.45, 7) is 7.70. The number of hydrogen-bond donors (Lipinski definition) is 2. The lowest BCUT2D eigenvalue weighted by Gasteiger charge is -2.20.